The topological polar surface area (TPSA) is 75.3 Å². The third-order valence-corrected chi connectivity index (χ3v) is 4.47. The molecule has 1 aliphatic rings. The molecule has 0 spiro atoms. The van der Waals surface area contributed by atoms with E-state index in [0.29, 0.717) is 42.2 Å². The molecule has 0 saturated carbocycles. The molecule has 132 valence electrons. The fraction of sp³-hybridized carbons (Fsp3) is 0.421. The lowest BCUT2D eigenvalue weighted by Crippen LogP contribution is -2.35. The van der Waals surface area contributed by atoms with Gasteiger partial charge in [-0.3, -0.25) is 9.59 Å². The SMILES string of the molecule is COCCN(Cc1nc2ccccc2c(=O)[nH]1)C(=O)CC1C=CCC1. The lowest BCUT2D eigenvalue weighted by atomic mass is 10.0. The molecule has 6 heteroatoms. The first-order chi connectivity index (χ1) is 12.2. The smallest absolute Gasteiger partial charge is 0.258 e. The Morgan fingerprint density at radius 3 is 3.00 bits per heavy atom. The van der Waals surface area contributed by atoms with Crippen LogP contribution in [0.2, 0.25) is 0 Å². The molecule has 1 atom stereocenters. The van der Waals surface area contributed by atoms with Crippen molar-refractivity contribution in [1.29, 1.82) is 0 Å². The highest BCUT2D eigenvalue weighted by molar-refractivity contribution is 5.78. The van der Waals surface area contributed by atoms with E-state index in [1.807, 2.05) is 12.1 Å². The van der Waals surface area contributed by atoms with Gasteiger partial charge >= 0.3 is 0 Å². The summed E-state index contributed by atoms with van der Waals surface area (Å²) in [6.07, 6.45) is 6.78. The van der Waals surface area contributed by atoms with Crippen LogP contribution in [0.3, 0.4) is 0 Å². The highest BCUT2D eigenvalue weighted by Gasteiger charge is 2.20. The van der Waals surface area contributed by atoms with Gasteiger partial charge in [-0.1, -0.05) is 24.3 Å². The number of aromatic nitrogens is 2. The summed E-state index contributed by atoms with van der Waals surface area (Å²) in [6, 6.07) is 7.20. The highest BCUT2D eigenvalue weighted by atomic mass is 16.5. The summed E-state index contributed by atoms with van der Waals surface area (Å²) < 4.78 is 5.12. The Balaban J connectivity index is 1.78. The van der Waals surface area contributed by atoms with Gasteiger partial charge in [0.25, 0.3) is 5.56 Å². The molecule has 6 nitrogen and oxygen atoms in total. The van der Waals surface area contributed by atoms with Crippen molar-refractivity contribution in [3.8, 4) is 0 Å². The molecule has 1 aromatic heterocycles. The number of para-hydroxylation sites is 1. The predicted octanol–water partition coefficient (Wildman–Crippen LogP) is 2.25. The zero-order valence-corrected chi connectivity index (χ0v) is 14.4. The van der Waals surface area contributed by atoms with Gasteiger partial charge in [-0.05, 0) is 30.9 Å². The van der Waals surface area contributed by atoms with Gasteiger partial charge in [0.1, 0.15) is 5.82 Å². The van der Waals surface area contributed by atoms with Gasteiger partial charge in [-0.2, -0.15) is 0 Å². The summed E-state index contributed by atoms with van der Waals surface area (Å²) >= 11 is 0. The lowest BCUT2D eigenvalue weighted by molar-refractivity contribution is -0.133. The molecule has 3 rings (SSSR count). The van der Waals surface area contributed by atoms with E-state index in [1.165, 1.54) is 0 Å². The number of ether oxygens (including phenoxy) is 1. The molecule has 0 saturated heterocycles. The summed E-state index contributed by atoms with van der Waals surface area (Å²) in [5.41, 5.74) is 0.456. The third-order valence-electron chi connectivity index (χ3n) is 4.47. The molecular weight excluding hydrogens is 318 g/mol. The molecule has 1 heterocycles. The second kappa shape index (κ2) is 8.07. The van der Waals surface area contributed by atoms with E-state index in [0.717, 1.165) is 12.8 Å². The molecule has 1 aliphatic carbocycles. The first-order valence-corrected chi connectivity index (χ1v) is 8.58. The normalized spacial score (nSPS) is 16.4. The highest BCUT2D eigenvalue weighted by Crippen LogP contribution is 2.21. The van der Waals surface area contributed by atoms with E-state index in [9.17, 15) is 9.59 Å². The zero-order valence-electron chi connectivity index (χ0n) is 14.4. The largest absolute Gasteiger partial charge is 0.383 e. The van der Waals surface area contributed by atoms with Crippen molar-refractivity contribution in [2.75, 3.05) is 20.3 Å². The van der Waals surface area contributed by atoms with Gasteiger partial charge in [0.2, 0.25) is 5.91 Å². The first kappa shape index (κ1) is 17.4. The molecule has 0 aliphatic heterocycles. The Bertz CT molecular complexity index is 828. The first-order valence-electron chi connectivity index (χ1n) is 8.58. The Hall–Kier alpha value is -2.47. The minimum atomic E-state index is -0.182. The molecule has 0 radical (unpaired) electrons. The molecule has 25 heavy (non-hydrogen) atoms. The van der Waals surface area contributed by atoms with Crippen molar-refractivity contribution in [3.63, 3.8) is 0 Å². The molecule has 0 bridgehead atoms. The Labute approximate surface area is 146 Å². The molecule has 1 aromatic carbocycles. The fourth-order valence-electron chi connectivity index (χ4n) is 3.10. The summed E-state index contributed by atoms with van der Waals surface area (Å²) in [6.45, 7) is 1.20. The minimum Gasteiger partial charge on any atom is -0.383 e. The standard InChI is InChI=1S/C19H23N3O3/c1-25-11-10-22(18(23)12-14-6-2-3-7-14)13-17-20-16-9-5-4-8-15(16)19(24)21-17/h2,4-6,8-9,14H,3,7,10-13H2,1H3,(H,20,21,24). The van der Waals surface area contributed by atoms with E-state index in [1.54, 1.807) is 24.1 Å². The third kappa shape index (κ3) is 4.33. The van der Waals surface area contributed by atoms with Crippen molar-refractivity contribution in [1.82, 2.24) is 14.9 Å². The van der Waals surface area contributed by atoms with Crippen LogP contribution in [0.4, 0.5) is 0 Å². The van der Waals surface area contributed by atoms with E-state index in [2.05, 4.69) is 22.1 Å². The number of carbonyl (C=O) groups excluding carboxylic acids is 1. The zero-order chi connectivity index (χ0) is 17.6. The van der Waals surface area contributed by atoms with E-state index >= 15 is 0 Å². The second-order valence-corrected chi connectivity index (χ2v) is 6.31. The van der Waals surface area contributed by atoms with Crippen LogP contribution in [0, 0.1) is 5.92 Å². The Morgan fingerprint density at radius 2 is 2.24 bits per heavy atom. The summed E-state index contributed by atoms with van der Waals surface area (Å²) in [4.78, 5) is 33.9. The molecule has 1 amide bonds. The van der Waals surface area contributed by atoms with Crippen LogP contribution in [-0.4, -0.2) is 41.0 Å². The van der Waals surface area contributed by atoms with Gasteiger partial charge in [0.15, 0.2) is 0 Å². The van der Waals surface area contributed by atoms with Crippen LogP contribution < -0.4 is 5.56 Å². The van der Waals surface area contributed by atoms with E-state index < -0.39 is 0 Å². The van der Waals surface area contributed by atoms with Crippen molar-refractivity contribution in [3.05, 3.63) is 52.6 Å². The Morgan fingerprint density at radius 1 is 1.40 bits per heavy atom. The molecule has 2 aromatic rings. The van der Waals surface area contributed by atoms with Gasteiger partial charge in [0, 0.05) is 20.1 Å². The number of nitrogens with zero attached hydrogens (tertiary/aromatic N) is 2. The number of carbonyl (C=O) groups is 1. The van der Waals surface area contributed by atoms with Crippen LogP contribution in [-0.2, 0) is 16.1 Å². The number of benzene rings is 1. The quantitative estimate of drug-likeness (QED) is 0.784. The maximum Gasteiger partial charge on any atom is 0.258 e. The van der Waals surface area contributed by atoms with E-state index in [4.69, 9.17) is 4.74 Å². The number of fused-ring (bicyclic) bond motifs is 1. The summed E-state index contributed by atoms with van der Waals surface area (Å²) in [5, 5.41) is 0.553. The predicted molar refractivity (Wildman–Crippen MR) is 96.1 cm³/mol. The van der Waals surface area contributed by atoms with E-state index in [-0.39, 0.29) is 18.0 Å². The van der Waals surface area contributed by atoms with Gasteiger partial charge < -0.3 is 14.6 Å². The monoisotopic (exact) mass is 341 g/mol. The minimum absolute atomic E-state index is 0.0596. The number of amides is 1. The summed E-state index contributed by atoms with van der Waals surface area (Å²) in [7, 11) is 1.61. The van der Waals surface area contributed by atoms with Crippen LogP contribution in [0.1, 0.15) is 25.1 Å². The van der Waals surface area contributed by atoms with Crippen molar-refractivity contribution >= 4 is 16.8 Å². The lowest BCUT2D eigenvalue weighted by Gasteiger charge is -2.23. The number of hydrogen-bond donors (Lipinski definition) is 1. The van der Waals surface area contributed by atoms with Crippen LogP contribution >= 0.6 is 0 Å². The number of methoxy groups -OCH3 is 1. The maximum atomic E-state index is 12.7. The van der Waals surface area contributed by atoms with Crippen LogP contribution in [0.25, 0.3) is 10.9 Å². The van der Waals surface area contributed by atoms with Crippen molar-refractivity contribution < 1.29 is 9.53 Å². The van der Waals surface area contributed by atoms with Gasteiger partial charge in [-0.25, -0.2) is 4.98 Å². The molecule has 0 fully saturated rings. The number of allylic oxidation sites excluding steroid dienone is 2. The summed E-state index contributed by atoms with van der Waals surface area (Å²) in [5.74, 6) is 0.862. The number of nitrogens with one attached hydrogen (secondary N) is 1. The van der Waals surface area contributed by atoms with Gasteiger partial charge in [0.05, 0.1) is 24.1 Å². The van der Waals surface area contributed by atoms with Crippen molar-refractivity contribution in [2.24, 2.45) is 5.92 Å². The van der Waals surface area contributed by atoms with Crippen LogP contribution in [0.5, 0.6) is 0 Å². The van der Waals surface area contributed by atoms with Crippen molar-refractivity contribution in [2.45, 2.75) is 25.8 Å². The molecular formula is C19H23N3O3. The van der Waals surface area contributed by atoms with Crippen LogP contribution in [0.15, 0.2) is 41.2 Å². The number of rotatable bonds is 7. The number of H-pyrrole nitrogens is 1. The average Bonchev–Trinajstić information content (AvgIpc) is 3.11. The molecule has 1 N–H and O–H groups in total. The Kier molecular flexibility index (Phi) is 5.60. The maximum absolute atomic E-state index is 12.7. The number of hydrogen-bond acceptors (Lipinski definition) is 4. The average molecular weight is 341 g/mol. The fourth-order valence-corrected chi connectivity index (χ4v) is 3.10. The number of aromatic amines is 1. The van der Waals surface area contributed by atoms with Gasteiger partial charge in [-0.15, -0.1) is 0 Å². The molecule has 1 unspecified atom stereocenters. The second-order valence-electron chi connectivity index (χ2n) is 6.31.